The molecule has 0 aliphatic rings. The number of ether oxygens (including phenoxy) is 2. The molecular formula is C23H23ClFNO6. The fourth-order valence-electron chi connectivity index (χ4n) is 3.63. The summed E-state index contributed by atoms with van der Waals surface area (Å²) in [4.78, 5) is 24.2. The topological polar surface area (TPSA) is 98.0 Å². The van der Waals surface area contributed by atoms with Crippen LogP contribution in [0.25, 0.3) is 10.9 Å². The first-order chi connectivity index (χ1) is 15.3. The lowest BCUT2D eigenvalue weighted by Crippen LogP contribution is -2.21. The summed E-state index contributed by atoms with van der Waals surface area (Å²) < 4.78 is 26.5. The van der Waals surface area contributed by atoms with E-state index in [0.717, 1.165) is 0 Å². The van der Waals surface area contributed by atoms with Gasteiger partial charge in [0.25, 0.3) is 0 Å². The Morgan fingerprint density at radius 2 is 2.00 bits per heavy atom. The van der Waals surface area contributed by atoms with E-state index in [1.54, 1.807) is 35.8 Å². The molecule has 1 aromatic heterocycles. The van der Waals surface area contributed by atoms with E-state index in [4.69, 9.17) is 26.2 Å². The van der Waals surface area contributed by atoms with Crippen LogP contribution in [0.15, 0.2) is 41.3 Å². The quantitative estimate of drug-likeness (QED) is 0.466. The first-order valence-corrected chi connectivity index (χ1v) is 10.5. The standard InChI is InChI=1S/C23H23ClFNO6/c1-3-15(12-27)26-11-19(32-23(29)30)22(28)16-9-13(10-18(21(16)26)31-4-2)8-14-6-5-7-17(24)20(14)25/h5-7,9-11,15,27H,3-4,8,12H2,1-2H3,(H,29,30)/t15-/m0/s1. The molecule has 3 aromatic rings. The summed E-state index contributed by atoms with van der Waals surface area (Å²) in [6.45, 7) is 3.67. The van der Waals surface area contributed by atoms with Crippen LogP contribution in [0.2, 0.25) is 5.02 Å². The van der Waals surface area contributed by atoms with Gasteiger partial charge in [-0.25, -0.2) is 9.18 Å². The van der Waals surface area contributed by atoms with Crippen molar-refractivity contribution in [1.29, 1.82) is 0 Å². The molecule has 0 unspecified atom stereocenters. The average Bonchev–Trinajstić information content (AvgIpc) is 2.75. The fraction of sp³-hybridized carbons (Fsp3) is 0.304. The summed E-state index contributed by atoms with van der Waals surface area (Å²) in [6.07, 6.45) is 0.264. The monoisotopic (exact) mass is 463 g/mol. The number of aliphatic hydroxyl groups is 1. The molecule has 2 aromatic carbocycles. The van der Waals surface area contributed by atoms with Gasteiger partial charge in [0.05, 0.1) is 41.4 Å². The minimum atomic E-state index is -1.63. The zero-order valence-corrected chi connectivity index (χ0v) is 18.4. The molecule has 0 saturated heterocycles. The zero-order chi connectivity index (χ0) is 23.4. The van der Waals surface area contributed by atoms with Crippen molar-refractivity contribution in [3.05, 3.63) is 68.7 Å². The summed E-state index contributed by atoms with van der Waals surface area (Å²) in [7, 11) is 0. The molecule has 1 atom stereocenters. The third kappa shape index (κ3) is 4.71. The van der Waals surface area contributed by atoms with Crippen molar-refractivity contribution < 1.29 is 28.9 Å². The van der Waals surface area contributed by atoms with Crippen molar-refractivity contribution in [1.82, 2.24) is 4.57 Å². The van der Waals surface area contributed by atoms with Crippen molar-refractivity contribution in [2.24, 2.45) is 0 Å². The predicted octanol–water partition coefficient (Wildman–Crippen LogP) is 4.78. The lowest BCUT2D eigenvalue weighted by molar-refractivity contribution is 0.143. The molecule has 0 spiro atoms. The van der Waals surface area contributed by atoms with Crippen LogP contribution in [0.5, 0.6) is 11.5 Å². The predicted molar refractivity (Wildman–Crippen MR) is 119 cm³/mol. The van der Waals surface area contributed by atoms with Crippen molar-refractivity contribution in [3.8, 4) is 11.5 Å². The molecule has 0 bridgehead atoms. The van der Waals surface area contributed by atoms with E-state index in [2.05, 4.69) is 0 Å². The lowest BCUT2D eigenvalue weighted by Gasteiger charge is -2.22. The van der Waals surface area contributed by atoms with E-state index in [0.29, 0.717) is 35.4 Å². The Balaban J connectivity index is 2.31. The molecule has 170 valence electrons. The Labute approximate surface area is 188 Å². The molecule has 3 rings (SSSR count). The number of halogens is 2. The Bertz CT molecular complexity index is 1210. The van der Waals surface area contributed by atoms with Crippen LogP contribution in [0.1, 0.15) is 37.4 Å². The molecule has 0 saturated carbocycles. The first kappa shape index (κ1) is 23.6. The Morgan fingerprint density at radius 1 is 1.25 bits per heavy atom. The van der Waals surface area contributed by atoms with Gasteiger partial charge >= 0.3 is 6.16 Å². The number of carboxylic acid groups (broad SMARTS) is 1. The van der Waals surface area contributed by atoms with Gasteiger partial charge in [0, 0.05) is 6.42 Å². The number of aliphatic hydroxyl groups excluding tert-OH is 1. The van der Waals surface area contributed by atoms with Crippen LogP contribution in [-0.4, -0.2) is 34.1 Å². The van der Waals surface area contributed by atoms with Gasteiger partial charge < -0.3 is 24.3 Å². The second-order valence-corrected chi connectivity index (χ2v) is 7.56. The van der Waals surface area contributed by atoms with Crippen LogP contribution in [-0.2, 0) is 6.42 Å². The molecule has 0 radical (unpaired) electrons. The second-order valence-electron chi connectivity index (χ2n) is 7.16. The first-order valence-electron chi connectivity index (χ1n) is 10.1. The number of hydrogen-bond acceptors (Lipinski definition) is 5. The normalized spacial score (nSPS) is 12.0. The third-order valence-electron chi connectivity index (χ3n) is 5.12. The minimum Gasteiger partial charge on any atom is -0.492 e. The largest absolute Gasteiger partial charge is 0.511 e. The van der Waals surface area contributed by atoms with Gasteiger partial charge in [-0.3, -0.25) is 4.79 Å². The van der Waals surface area contributed by atoms with E-state index in [1.165, 1.54) is 12.3 Å². The van der Waals surface area contributed by atoms with Crippen molar-refractivity contribution >= 4 is 28.7 Å². The molecule has 32 heavy (non-hydrogen) atoms. The molecule has 1 heterocycles. The van der Waals surface area contributed by atoms with E-state index >= 15 is 0 Å². The van der Waals surface area contributed by atoms with Gasteiger partial charge in [-0.15, -0.1) is 0 Å². The number of carbonyl (C=O) groups is 1. The summed E-state index contributed by atoms with van der Waals surface area (Å²) >= 11 is 5.89. The van der Waals surface area contributed by atoms with Gasteiger partial charge in [-0.05, 0) is 42.7 Å². The Morgan fingerprint density at radius 3 is 2.62 bits per heavy atom. The molecule has 0 aliphatic heterocycles. The number of rotatable bonds is 8. The van der Waals surface area contributed by atoms with Gasteiger partial charge in [0.1, 0.15) is 11.6 Å². The third-order valence-corrected chi connectivity index (χ3v) is 5.41. The highest BCUT2D eigenvalue weighted by Crippen LogP contribution is 2.32. The zero-order valence-electron chi connectivity index (χ0n) is 17.6. The minimum absolute atomic E-state index is 0.0124. The molecule has 0 amide bonds. The molecule has 2 N–H and O–H groups in total. The molecule has 9 heteroatoms. The van der Waals surface area contributed by atoms with E-state index < -0.39 is 29.2 Å². The summed E-state index contributed by atoms with van der Waals surface area (Å²) in [5, 5.41) is 19.0. The number of aromatic nitrogens is 1. The average molecular weight is 464 g/mol. The molecule has 0 aliphatic carbocycles. The number of nitrogens with zero attached hydrogens (tertiary/aromatic N) is 1. The van der Waals surface area contributed by atoms with Gasteiger partial charge in [0.2, 0.25) is 5.43 Å². The van der Waals surface area contributed by atoms with Crippen molar-refractivity contribution in [2.75, 3.05) is 13.2 Å². The highest BCUT2D eigenvalue weighted by molar-refractivity contribution is 6.30. The maximum absolute atomic E-state index is 14.5. The maximum atomic E-state index is 14.5. The summed E-state index contributed by atoms with van der Waals surface area (Å²) in [5.74, 6) is -0.599. The highest BCUT2D eigenvalue weighted by atomic mass is 35.5. The SMILES string of the molecule is CCOc1cc(Cc2cccc(Cl)c2F)cc2c(=O)c(OC(=O)O)cn([C@@H](CC)CO)c12. The Kier molecular flexibility index (Phi) is 7.37. The number of hydrogen-bond donors (Lipinski definition) is 2. The lowest BCUT2D eigenvalue weighted by atomic mass is 10.0. The highest BCUT2D eigenvalue weighted by Gasteiger charge is 2.21. The van der Waals surface area contributed by atoms with Crippen molar-refractivity contribution in [3.63, 3.8) is 0 Å². The fourth-order valence-corrected chi connectivity index (χ4v) is 3.82. The van der Waals surface area contributed by atoms with E-state index in [-0.39, 0.29) is 23.4 Å². The molecular weight excluding hydrogens is 441 g/mol. The number of fused-ring (bicyclic) bond motifs is 1. The molecule has 0 fully saturated rings. The summed E-state index contributed by atoms with van der Waals surface area (Å²) in [5.41, 5.74) is 0.640. The molecule has 7 nitrogen and oxygen atoms in total. The Hall–Kier alpha value is -3.10. The van der Waals surface area contributed by atoms with Gasteiger partial charge in [-0.2, -0.15) is 0 Å². The van der Waals surface area contributed by atoms with Gasteiger partial charge in [-0.1, -0.05) is 30.7 Å². The van der Waals surface area contributed by atoms with Crippen LogP contribution in [0, 0.1) is 5.82 Å². The van der Waals surface area contributed by atoms with Crippen molar-refractivity contribution in [2.45, 2.75) is 32.7 Å². The number of benzene rings is 2. The van der Waals surface area contributed by atoms with Crippen LogP contribution >= 0.6 is 11.6 Å². The smallest absolute Gasteiger partial charge is 0.492 e. The van der Waals surface area contributed by atoms with Crippen LogP contribution in [0.4, 0.5) is 9.18 Å². The van der Waals surface area contributed by atoms with E-state index in [9.17, 15) is 19.1 Å². The second kappa shape index (κ2) is 10.0. The van der Waals surface area contributed by atoms with E-state index in [1.807, 2.05) is 6.92 Å². The van der Waals surface area contributed by atoms with Crippen LogP contribution in [0.3, 0.4) is 0 Å². The van der Waals surface area contributed by atoms with Gasteiger partial charge in [0.15, 0.2) is 5.75 Å². The number of pyridine rings is 1. The van der Waals surface area contributed by atoms with Crippen LogP contribution < -0.4 is 14.9 Å². The summed E-state index contributed by atoms with van der Waals surface area (Å²) in [6, 6.07) is 7.46. The maximum Gasteiger partial charge on any atom is 0.511 e.